The standard InChI is InChI=1S/C13H16N2O2/c1-2-9-8-15(6-5-14)12-4-3-10(13(16)17)7-11(9)12/h3-4,7-8H,2,5-6,14H2,1H3,(H,16,17). The third kappa shape index (κ3) is 2.03. The molecule has 0 radical (unpaired) electrons. The minimum atomic E-state index is -0.888. The van der Waals surface area contributed by atoms with Crippen LogP contribution < -0.4 is 5.73 Å². The number of hydrogen-bond acceptors (Lipinski definition) is 2. The van der Waals surface area contributed by atoms with E-state index in [0.29, 0.717) is 12.1 Å². The Morgan fingerprint density at radius 2 is 2.24 bits per heavy atom. The molecule has 17 heavy (non-hydrogen) atoms. The van der Waals surface area contributed by atoms with Crippen LogP contribution in [-0.2, 0) is 13.0 Å². The highest BCUT2D eigenvalue weighted by atomic mass is 16.4. The number of rotatable bonds is 4. The van der Waals surface area contributed by atoms with Crippen molar-refractivity contribution in [2.75, 3.05) is 6.54 Å². The van der Waals surface area contributed by atoms with Crippen LogP contribution in [0.5, 0.6) is 0 Å². The zero-order valence-corrected chi connectivity index (χ0v) is 9.81. The third-order valence-corrected chi connectivity index (χ3v) is 2.96. The van der Waals surface area contributed by atoms with Crippen LogP contribution in [0.1, 0.15) is 22.8 Å². The number of aryl methyl sites for hydroxylation is 1. The van der Waals surface area contributed by atoms with Crippen molar-refractivity contribution in [2.24, 2.45) is 5.73 Å². The van der Waals surface area contributed by atoms with Crippen molar-refractivity contribution in [1.82, 2.24) is 4.57 Å². The van der Waals surface area contributed by atoms with Gasteiger partial charge >= 0.3 is 5.97 Å². The molecule has 0 fully saturated rings. The van der Waals surface area contributed by atoms with Gasteiger partial charge < -0.3 is 15.4 Å². The molecular formula is C13H16N2O2. The molecule has 0 unspecified atom stereocenters. The molecule has 0 aliphatic rings. The highest BCUT2D eigenvalue weighted by Crippen LogP contribution is 2.23. The van der Waals surface area contributed by atoms with Gasteiger partial charge in [-0.3, -0.25) is 0 Å². The topological polar surface area (TPSA) is 68.2 Å². The van der Waals surface area contributed by atoms with Gasteiger partial charge in [0.1, 0.15) is 0 Å². The van der Waals surface area contributed by atoms with E-state index in [1.165, 1.54) is 0 Å². The third-order valence-electron chi connectivity index (χ3n) is 2.96. The molecule has 0 aliphatic heterocycles. The molecule has 0 saturated heterocycles. The molecule has 0 saturated carbocycles. The van der Waals surface area contributed by atoms with Crippen molar-refractivity contribution < 1.29 is 9.90 Å². The fourth-order valence-electron chi connectivity index (χ4n) is 2.11. The van der Waals surface area contributed by atoms with E-state index in [1.807, 2.05) is 6.07 Å². The fourth-order valence-corrected chi connectivity index (χ4v) is 2.11. The lowest BCUT2D eigenvalue weighted by atomic mass is 10.1. The lowest BCUT2D eigenvalue weighted by molar-refractivity contribution is 0.0697. The van der Waals surface area contributed by atoms with Crippen molar-refractivity contribution >= 4 is 16.9 Å². The van der Waals surface area contributed by atoms with Crippen LogP contribution in [0.15, 0.2) is 24.4 Å². The molecule has 0 bridgehead atoms. The van der Waals surface area contributed by atoms with Gasteiger partial charge in [-0.2, -0.15) is 0 Å². The SMILES string of the molecule is CCc1cn(CCN)c2ccc(C(=O)O)cc12. The molecule has 1 heterocycles. The number of nitrogens with zero attached hydrogens (tertiary/aromatic N) is 1. The van der Waals surface area contributed by atoms with E-state index < -0.39 is 5.97 Å². The Labute approximate surface area is 99.7 Å². The Morgan fingerprint density at radius 3 is 2.82 bits per heavy atom. The van der Waals surface area contributed by atoms with Crippen molar-refractivity contribution in [3.8, 4) is 0 Å². The highest BCUT2D eigenvalue weighted by molar-refractivity contribution is 5.95. The molecule has 90 valence electrons. The summed E-state index contributed by atoms with van der Waals surface area (Å²) in [5.41, 5.74) is 8.11. The van der Waals surface area contributed by atoms with Gasteiger partial charge in [0.25, 0.3) is 0 Å². The van der Waals surface area contributed by atoms with Crippen LogP contribution in [0, 0.1) is 0 Å². The second-order valence-electron chi connectivity index (χ2n) is 4.03. The van der Waals surface area contributed by atoms with E-state index in [-0.39, 0.29) is 0 Å². The van der Waals surface area contributed by atoms with Crippen molar-refractivity contribution in [3.05, 3.63) is 35.5 Å². The second-order valence-corrected chi connectivity index (χ2v) is 4.03. The summed E-state index contributed by atoms with van der Waals surface area (Å²) in [5, 5.41) is 10.0. The number of hydrogen-bond donors (Lipinski definition) is 2. The van der Waals surface area contributed by atoms with E-state index in [1.54, 1.807) is 12.1 Å². The first-order valence-corrected chi connectivity index (χ1v) is 5.72. The molecular weight excluding hydrogens is 216 g/mol. The highest BCUT2D eigenvalue weighted by Gasteiger charge is 2.10. The maximum atomic E-state index is 10.9. The summed E-state index contributed by atoms with van der Waals surface area (Å²) in [6.45, 7) is 3.39. The van der Waals surface area contributed by atoms with Gasteiger partial charge in [0.05, 0.1) is 5.56 Å². The Balaban J connectivity index is 2.63. The first-order chi connectivity index (χ1) is 8.17. The number of carboxylic acid groups (broad SMARTS) is 1. The Hall–Kier alpha value is -1.81. The van der Waals surface area contributed by atoms with Crippen LogP contribution in [0.2, 0.25) is 0 Å². The largest absolute Gasteiger partial charge is 0.478 e. The van der Waals surface area contributed by atoms with E-state index in [2.05, 4.69) is 17.7 Å². The fraction of sp³-hybridized carbons (Fsp3) is 0.308. The van der Waals surface area contributed by atoms with E-state index >= 15 is 0 Å². The molecule has 1 aromatic carbocycles. The van der Waals surface area contributed by atoms with Gasteiger partial charge in [-0.05, 0) is 30.2 Å². The number of fused-ring (bicyclic) bond motifs is 1. The Kier molecular flexibility index (Phi) is 3.15. The predicted molar refractivity (Wildman–Crippen MR) is 67.3 cm³/mol. The molecule has 1 aromatic heterocycles. The summed E-state index contributed by atoms with van der Waals surface area (Å²) >= 11 is 0. The first-order valence-electron chi connectivity index (χ1n) is 5.72. The number of carbonyl (C=O) groups is 1. The maximum absolute atomic E-state index is 10.9. The minimum Gasteiger partial charge on any atom is -0.478 e. The van der Waals surface area contributed by atoms with Gasteiger partial charge in [-0.1, -0.05) is 6.92 Å². The average Bonchev–Trinajstić information content (AvgIpc) is 2.67. The number of nitrogens with two attached hydrogens (primary N) is 1. The zero-order chi connectivity index (χ0) is 12.4. The number of carboxylic acids is 1. The van der Waals surface area contributed by atoms with E-state index in [0.717, 1.165) is 29.4 Å². The van der Waals surface area contributed by atoms with Crippen molar-refractivity contribution in [3.63, 3.8) is 0 Å². The zero-order valence-electron chi connectivity index (χ0n) is 9.81. The lowest BCUT2D eigenvalue weighted by Crippen LogP contribution is -2.08. The smallest absolute Gasteiger partial charge is 0.335 e. The van der Waals surface area contributed by atoms with Crippen LogP contribution in [0.25, 0.3) is 10.9 Å². The molecule has 2 aromatic rings. The Bertz CT molecular complexity index is 558. The quantitative estimate of drug-likeness (QED) is 0.845. The van der Waals surface area contributed by atoms with Crippen molar-refractivity contribution in [2.45, 2.75) is 19.9 Å². The lowest BCUT2D eigenvalue weighted by Gasteiger charge is -2.02. The molecule has 0 amide bonds. The van der Waals surface area contributed by atoms with Gasteiger partial charge in [0, 0.05) is 30.2 Å². The van der Waals surface area contributed by atoms with E-state index in [4.69, 9.17) is 10.8 Å². The molecule has 2 rings (SSSR count). The normalized spacial score (nSPS) is 10.9. The van der Waals surface area contributed by atoms with Gasteiger partial charge in [-0.25, -0.2) is 4.79 Å². The first kappa shape index (κ1) is 11.7. The molecule has 0 atom stereocenters. The Morgan fingerprint density at radius 1 is 1.47 bits per heavy atom. The molecule has 0 spiro atoms. The van der Waals surface area contributed by atoms with E-state index in [9.17, 15) is 4.79 Å². The summed E-state index contributed by atoms with van der Waals surface area (Å²) in [6, 6.07) is 5.23. The minimum absolute atomic E-state index is 0.331. The van der Waals surface area contributed by atoms with Crippen molar-refractivity contribution in [1.29, 1.82) is 0 Å². The number of benzene rings is 1. The molecule has 4 nitrogen and oxygen atoms in total. The summed E-state index contributed by atoms with van der Waals surface area (Å²) < 4.78 is 2.08. The van der Waals surface area contributed by atoms with Gasteiger partial charge in [0.2, 0.25) is 0 Å². The van der Waals surface area contributed by atoms with Crippen LogP contribution >= 0.6 is 0 Å². The number of aromatic carboxylic acids is 1. The van der Waals surface area contributed by atoms with Gasteiger partial charge in [0.15, 0.2) is 0 Å². The van der Waals surface area contributed by atoms with Crippen LogP contribution in [-0.4, -0.2) is 22.2 Å². The maximum Gasteiger partial charge on any atom is 0.335 e. The summed E-state index contributed by atoms with van der Waals surface area (Å²) in [7, 11) is 0. The summed E-state index contributed by atoms with van der Waals surface area (Å²) in [5.74, 6) is -0.888. The van der Waals surface area contributed by atoms with Crippen LogP contribution in [0.3, 0.4) is 0 Å². The molecule has 3 N–H and O–H groups in total. The predicted octanol–water partition coefficient (Wildman–Crippen LogP) is 1.86. The van der Waals surface area contributed by atoms with Gasteiger partial charge in [-0.15, -0.1) is 0 Å². The average molecular weight is 232 g/mol. The van der Waals surface area contributed by atoms with Crippen LogP contribution in [0.4, 0.5) is 0 Å². The molecule has 4 heteroatoms. The molecule has 0 aliphatic carbocycles. The number of aromatic nitrogens is 1. The summed E-state index contributed by atoms with van der Waals surface area (Å²) in [6.07, 6.45) is 2.94. The summed E-state index contributed by atoms with van der Waals surface area (Å²) in [4.78, 5) is 10.9. The second kappa shape index (κ2) is 4.59. The monoisotopic (exact) mass is 232 g/mol.